The van der Waals surface area contributed by atoms with Gasteiger partial charge in [-0.1, -0.05) is 60.1 Å². The highest BCUT2D eigenvalue weighted by atomic mass is 35.5. The molecule has 0 bridgehead atoms. The van der Waals surface area contributed by atoms with E-state index in [2.05, 4.69) is 17.4 Å². The molecule has 3 aromatic carbocycles. The summed E-state index contributed by atoms with van der Waals surface area (Å²) in [6.45, 7) is 0.0577. The minimum absolute atomic E-state index is 0.0863. The number of hydrogen-bond donors (Lipinski definition) is 1. The van der Waals surface area contributed by atoms with Crippen molar-refractivity contribution in [2.45, 2.75) is 10.6 Å². The summed E-state index contributed by atoms with van der Waals surface area (Å²) < 4.78 is 32.9. The van der Waals surface area contributed by atoms with E-state index in [0.717, 1.165) is 10.1 Å². The summed E-state index contributed by atoms with van der Waals surface area (Å²) in [5, 5.41) is 3.06. The van der Waals surface area contributed by atoms with Crippen molar-refractivity contribution >= 4 is 45.0 Å². The Morgan fingerprint density at radius 1 is 1.03 bits per heavy atom. The summed E-state index contributed by atoms with van der Waals surface area (Å²) in [4.78, 5) is 12.7. The molecule has 0 unspecified atom stereocenters. The fraction of sp³-hybridized carbons (Fsp3) is 0.208. The number of ether oxygens (including phenoxy) is 1. The molecule has 0 aliphatic rings. The van der Waals surface area contributed by atoms with E-state index in [9.17, 15) is 13.2 Å². The van der Waals surface area contributed by atoms with Gasteiger partial charge in [-0.15, -0.1) is 0 Å². The van der Waals surface area contributed by atoms with E-state index < -0.39 is 15.9 Å². The van der Waals surface area contributed by atoms with Crippen LogP contribution in [0.2, 0.25) is 5.02 Å². The van der Waals surface area contributed by atoms with E-state index in [0.29, 0.717) is 18.0 Å². The zero-order valence-corrected chi connectivity index (χ0v) is 20.5. The SMILES string of the molecule is COc1ccc(N(CC(=O)NCCSCc2ccccc2)S(=O)(=O)c2ccccc2)cc1Cl. The van der Waals surface area contributed by atoms with Crippen LogP contribution in [0.5, 0.6) is 5.75 Å². The molecule has 3 aromatic rings. The van der Waals surface area contributed by atoms with Crippen LogP contribution in [0, 0.1) is 0 Å². The maximum atomic E-state index is 13.3. The lowest BCUT2D eigenvalue weighted by Crippen LogP contribution is -2.41. The van der Waals surface area contributed by atoms with E-state index in [4.69, 9.17) is 16.3 Å². The smallest absolute Gasteiger partial charge is 0.264 e. The van der Waals surface area contributed by atoms with E-state index in [1.807, 2.05) is 18.2 Å². The Morgan fingerprint density at radius 3 is 2.33 bits per heavy atom. The predicted octanol–water partition coefficient (Wildman–Crippen LogP) is 4.59. The third-order valence-corrected chi connectivity index (χ3v) is 7.84. The molecule has 0 radical (unpaired) electrons. The number of amides is 1. The van der Waals surface area contributed by atoms with Crippen LogP contribution in [0.25, 0.3) is 0 Å². The van der Waals surface area contributed by atoms with Crippen molar-refractivity contribution < 1.29 is 17.9 Å². The topological polar surface area (TPSA) is 75.7 Å². The third-order valence-electron chi connectivity index (χ3n) is 4.72. The number of halogens is 1. The van der Waals surface area contributed by atoms with Crippen molar-refractivity contribution in [2.24, 2.45) is 0 Å². The Balaban J connectivity index is 1.69. The van der Waals surface area contributed by atoms with Crippen LogP contribution in [0.3, 0.4) is 0 Å². The number of hydrogen-bond acceptors (Lipinski definition) is 5. The molecule has 0 saturated heterocycles. The molecular formula is C24H25ClN2O4S2. The zero-order valence-electron chi connectivity index (χ0n) is 18.1. The highest BCUT2D eigenvalue weighted by molar-refractivity contribution is 7.98. The van der Waals surface area contributed by atoms with Crippen LogP contribution >= 0.6 is 23.4 Å². The van der Waals surface area contributed by atoms with Gasteiger partial charge in [-0.2, -0.15) is 11.8 Å². The Bertz CT molecular complexity index is 1160. The summed E-state index contributed by atoms with van der Waals surface area (Å²) in [5.74, 6) is 1.56. The molecule has 174 valence electrons. The number of rotatable bonds is 11. The quantitative estimate of drug-likeness (QED) is 0.386. The first-order chi connectivity index (χ1) is 15.9. The summed E-state index contributed by atoms with van der Waals surface area (Å²) >= 11 is 7.92. The van der Waals surface area contributed by atoms with Crippen molar-refractivity contribution in [3.63, 3.8) is 0 Å². The summed E-state index contributed by atoms with van der Waals surface area (Å²) in [6, 6.07) is 22.7. The molecule has 0 saturated carbocycles. The molecule has 0 heterocycles. The number of benzene rings is 3. The van der Waals surface area contributed by atoms with Crippen molar-refractivity contribution in [2.75, 3.05) is 30.3 Å². The van der Waals surface area contributed by atoms with Gasteiger partial charge in [0.25, 0.3) is 10.0 Å². The summed E-state index contributed by atoms with van der Waals surface area (Å²) in [5.41, 5.74) is 1.49. The number of nitrogens with zero attached hydrogens (tertiary/aromatic N) is 1. The van der Waals surface area contributed by atoms with Crippen LogP contribution in [-0.2, 0) is 20.6 Å². The van der Waals surface area contributed by atoms with Crippen LogP contribution < -0.4 is 14.4 Å². The lowest BCUT2D eigenvalue weighted by atomic mass is 10.2. The highest BCUT2D eigenvalue weighted by Gasteiger charge is 2.27. The van der Waals surface area contributed by atoms with E-state index in [1.54, 1.807) is 42.1 Å². The van der Waals surface area contributed by atoms with E-state index in [-0.39, 0.29) is 22.2 Å². The van der Waals surface area contributed by atoms with Crippen molar-refractivity contribution in [1.82, 2.24) is 5.32 Å². The first-order valence-electron chi connectivity index (χ1n) is 10.2. The molecule has 33 heavy (non-hydrogen) atoms. The standard InChI is InChI=1S/C24H25ClN2O4S2/c1-31-23-13-12-20(16-22(23)25)27(33(29,30)21-10-6-3-7-11-21)17-24(28)26-14-15-32-18-19-8-4-2-5-9-19/h2-13,16H,14-15,17-18H2,1H3,(H,26,28). The lowest BCUT2D eigenvalue weighted by molar-refractivity contribution is -0.119. The minimum Gasteiger partial charge on any atom is -0.495 e. The number of carbonyl (C=O) groups is 1. The predicted molar refractivity (Wildman–Crippen MR) is 135 cm³/mol. The van der Waals surface area contributed by atoms with Gasteiger partial charge in [0.05, 0.1) is 22.7 Å². The first-order valence-corrected chi connectivity index (χ1v) is 13.2. The van der Waals surface area contributed by atoms with Gasteiger partial charge < -0.3 is 10.1 Å². The van der Waals surface area contributed by atoms with Crippen LogP contribution in [-0.4, -0.2) is 40.3 Å². The molecule has 6 nitrogen and oxygen atoms in total. The Hall–Kier alpha value is -2.68. The van der Waals surface area contributed by atoms with Crippen LogP contribution in [0.4, 0.5) is 5.69 Å². The number of nitrogens with one attached hydrogen (secondary N) is 1. The fourth-order valence-corrected chi connectivity index (χ4v) is 5.56. The first kappa shape index (κ1) is 25.0. The number of thioether (sulfide) groups is 1. The zero-order chi connectivity index (χ0) is 23.7. The van der Waals surface area contributed by atoms with Gasteiger partial charge in [0.15, 0.2) is 0 Å². The third kappa shape index (κ3) is 6.90. The number of sulfonamides is 1. The average molecular weight is 505 g/mol. The monoisotopic (exact) mass is 504 g/mol. The van der Waals surface area contributed by atoms with Gasteiger partial charge in [0.2, 0.25) is 5.91 Å². The maximum Gasteiger partial charge on any atom is 0.264 e. The van der Waals surface area contributed by atoms with Gasteiger partial charge in [-0.3, -0.25) is 9.10 Å². The molecule has 0 spiro atoms. The van der Waals surface area contributed by atoms with E-state index >= 15 is 0 Å². The van der Waals surface area contributed by atoms with Gasteiger partial charge in [-0.25, -0.2) is 8.42 Å². The average Bonchev–Trinajstić information content (AvgIpc) is 2.83. The minimum atomic E-state index is -3.99. The molecule has 1 amide bonds. The van der Waals surface area contributed by atoms with Crippen molar-refractivity contribution in [3.05, 3.63) is 89.4 Å². The molecular weight excluding hydrogens is 480 g/mol. The second-order valence-electron chi connectivity index (χ2n) is 7.03. The summed E-state index contributed by atoms with van der Waals surface area (Å²) in [6.07, 6.45) is 0. The summed E-state index contributed by atoms with van der Waals surface area (Å²) in [7, 11) is -2.51. The number of methoxy groups -OCH3 is 1. The maximum absolute atomic E-state index is 13.3. The van der Waals surface area contributed by atoms with Gasteiger partial charge in [0.1, 0.15) is 12.3 Å². The molecule has 0 atom stereocenters. The molecule has 1 N–H and O–H groups in total. The van der Waals surface area contributed by atoms with Crippen LogP contribution in [0.1, 0.15) is 5.56 Å². The fourth-order valence-electron chi connectivity index (χ4n) is 3.06. The number of carbonyl (C=O) groups excluding carboxylic acids is 1. The van der Waals surface area contributed by atoms with Gasteiger partial charge >= 0.3 is 0 Å². The second kappa shape index (κ2) is 12.0. The van der Waals surface area contributed by atoms with Crippen molar-refractivity contribution in [1.29, 1.82) is 0 Å². The molecule has 0 fully saturated rings. The van der Waals surface area contributed by atoms with Crippen molar-refractivity contribution in [3.8, 4) is 5.75 Å². The van der Waals surface area contributed by atoms with Crippen LogP contribution in [0.15, 0.2) is 83.8 Å². The molecule has 9 heteroatoms. The Kier molecular flexibility index (Phi) is 9.05. The second-order valence-corrected chi connectivity index (χ2v) is 10.4. The molecule has 3 rings (SSSR count). The molecule has 0 aliphatic carbocycles. The molecule has 0 aromatic heterocycles. The normalized spacial score (nSPS) is 11.1. The Morgan fingerprint density at radius 2 is 1.70 bits per heavy atom. The lowest BCUT2D eigenvalue weighted by Gasteiger charge is -2.24. The Labute approximate surface area is 204 Å². The van der Waals surface area contributed by atoms with Gasteiger partial charge in [-0.05, 0) is 35.9 Å². The molecule has 0 aliphatic heterocycles. The van der Waals surface area contributed by atoms with E-state index in [1.165, 1.54) is 30.9 Å². The highest BCUT2D eigenvalue weighted by Crippen LogP contribution is 2.31. The van der Waals surface area contributed by atoms with Gasteiger partial charge in [0, 0.05) is 18.1 Å². The largest absolute Gasteiger partial charge is 0.495 e. The number of anilines is 1.